The van der Waals surface area contributed by atoms with Crippen molar-refractivity contribution in [1.29, 1.82) is 0 Å². The number of aliphatic hydroxyl groups is 1. The smallest absolute Gasteiger partial charge is 0.153 e. The third-order valence-corrected chi connectivity index (χ3v) is 3.49. The van der Waals surface area contributed by atoms with E-state index in [2.05, 4.69) is 0 Å². The van der Waals surface area contributed by atoms with Crippen molar-refractivity contribution >= 4 is 22.6 Å². The summed E-state index contributed by atoms with van der Waals surface area (Å²) < 4.78 is 10.8. The van der Waals surface area contributed by atoms with Gasteiger partial charge in [0.2, 0.25) is 0 Å². The maximum atomic E-state index is 10.4. The van der Waals surface area contributed by atoms with Gasteiger partial charge in [0.25, 0.3) is 0 Å². The molecule has 0 spiro atoms. The van der Waals surface area contributed by atoms with E-state index in [1.807, 2.05) is 30.3 Å². The number of fused-ring (bicyclic) bond motifs is 1. The van der Waals surface area contributed by atoms with Gasteiger partial charge in [-0.2, -0.15) is 0 Å². The van der Waals surface area contributed by atoms with E-state index in [-0.39, 0.29) is 0 Å². The molecule has 1 heterocycles. The fourth-order valence-electron chi connectivity index (χ4n) is 2.16. The summed E-state index contributed by atoms with van der Waals surface area (Å²) in [5.74, 6) is 1.15. The second-order valence-electron chi connectivity index (χ2n) is 4.49. The van der Waals surface area contributed by atoms with Crippen LogP contribution in [-0.2, 0) is 0 Å². The van der Waals surface area contributed by atoms with Crippen LogP contribution in [0.3, 0.4) is 0 Å². The highest BCUT2D eigenvalue weighted by molar-refractivity contribution is 6.34. The highest BCUT2D eigenvalue weighted by Gasteiger charge is 2.17. The maximum absolute atomic E-state index is 10.4. The Morgan fingerprint density at radius 3 is 2.70 bits per heavy atom. The van der Waals surface area contributed by atoms with Crippen molar-refractivity contribution in [3.63, 3.8) is 0 Å². The SMILES string of the molecule is COc1cccc(C(O)c2cc3cccc(Cl)c3o2)c1. The molecule has 3 aromatic rings. The van der Waals surface area contributed by atoms with Crippen LogP contribution >= 0.6 is 11.6 Å². The van der Waals surface area contributed by atoms with Crippen LogP contribution in [0.2, 0.25) is 5.02 Å². The summed E-state index contributed by atoms with van der Waals surface area (Å²) in [5.41, 5.74) is 1.30. The number of aliphatic hydroxyl groups excluding tert-OH is 1. The van der Waals surface area contributed by atoms with Gasteiger partial charge in [-0.05, 0) is 29.8 Å². The van der Waals surface area contributed by atoms with Gasteiger partial charge in [-0.15, -0.1) is 0 Å². The molecule has 1 unspecified atom stereocenters. The molecule has 0 radical (unpaired) electrons. The lowest BCUT2D eigenvalue weighted by Gasteiger charge is -2.09. The molecule has 1 aromatic heterocycles. The van der Waals surface area contributed by atoms with Gasteiger partial charge in [-0.3, -0.25) is 0 Å². The van der Waals surface area contributed by atoms with Crippen LogP contribution in [0.5, 0.6) is 5.75 Å². The van der Waals surface area contributed by atoms with E-state index in [9.17, 15) is 5.11 Å². The lowest BCUT2D eigenvalue weighted by Crippen LogP contribution is -1.98. The van der Waals surface area contributed by atoms with Crippen molar-refractivity contribution in [1.82, 2.24) is 0 Å². The molecule has 4 heteroatoms. The molecule has 1 atom stereocenters. The number of hydrogen-bond acceptors (Lipinski definition) is 3. The van der Waals surface area contributed by atoms with Crippen LogP contribution in [0.15, 0.2) is 52.9 Å². The summed E-state index contributed by atoms with van der Waals surface area (Å²) >= 11 is 6.07. The van der Waals surface area contributed by atoms with Crippen molar-refractivity contribution in [3.05, 3.63) is 64.9 Å². The Hall–Kier alpha value is -1.97. The highest BCUT2D eigenvalue weighted by Crippen LogP contribution is 2.32. The van der Waals surface area contributed by atoms with E-state index in [1.54, 1.807) is 25.3 Å². The van der Waals surface area contributed by atoms with Gasteiger partial charge < -0.3 is 14.3 Å². The van der Waals surface area contributed by atoms with Crippen LogP contribution in [0.25, 0.3) is 11.0 Å². The predicted octanol–water partition coefficient (Wildman–Crippen LogP) is 4.18. The zero-order valence-corrected chi connectivity index (χ0v) is 11.6. The summed E-state index contributed by atoms with van der Waals surface area (Å²) in [6, 6.07) is 14.6. The fraction of sp³-hybridized carbons (Fsp3) is 0.125. The number of halogens is 1. The van der Waals surface area contributed by atoms with E-state index in [1.165, 1.54) is 0 Å². The van der Waals surface area contributed by atoms with Gasteiger partial charge in [-0.25, -0.2) is 0 Å². The Labute approximate surface area is 121 Å². The van der Waals surface area contributed by atoms with Gasteiger partial charge >= 0.3 is 0 Å². The minimum atomic E-state index is -0.853. The van der Waals surface area contributed by atoms with Crippen LogP contribution < -0.4 is 4.74 Å². The molecule has 0 saturated carbocycles. The Bertz CT molecular complexity index is 748. The lowest BCUT2D eigenvalue weighted by molar-refractivity contribution is 0.192. The fourth-order valence-corrected chi connectivity index (χ4v) is 2.38. The van der Waals surface area contributed by atoms with Crippen molar-refractivity contribution in [2.45, 2.75) is 6.10 Å². The number of methoxy groups -OCH3 is 1. The zero-order chi connectivity index (χ0) is 14.1. The second-order valence-corrected chi connectivity index (χ2v) is 4.89. The third kappa shape index (κ3) is 2.26. The van der Waals surface area contributed by atoms with E-state index < -0.39 is 6.10 Å². The Kier molecular flexibility index (Phi) is 3.38. The average molecular weight is 289 g/mol. The Morgan fingerprint density at radius 1 is 1.15 bits per heavy atom. The molecule has 0 saturated heterocycles. The molecule has 3 nitrogen and oxygen atoms in total. The number of furan rings is 1. The van der Waals surface area contributed by atoms with E-state index >= 15 is 0 Å². The van der Waals surface area contributed by atoms with Crippen molar-refractivity contribution in [3.8, 4) is 5.75 Å². The van der Waals surface area contributed by atoms with Crippen molar-refractivity contribution < 1.29 is 14.3 Å². The average Bonchev–Trinajstić information content (AvgIpc) is 2.92. The first-order chi connectivity index (χ1) is 9.69. The summed E-state index contributed by atoms with van der Waals surface area (Å²) in [6.45, 7) is 0. The summed E-state index contributed by atoms with van der Waals surface area (Å²) in [5, 5.41) is 11.8. The molecule has 0 fully saturated rings. The van der Waals surface area contributed by atoms with E-state index in [0.29, 0.717) is 27.7 Å². The first-order valence-corrected chi connectivity index (χ1v) is 6.57. The molecule has 20 heavy (non-hydrogen) atoms. The number of hydrogen-bond donors (Lipinski definition) is 1. The van der Waals surface area contributed by atoms with Crippen LogP contribution in [-0.4, -0.2) is 12.2 Å². The normalized spacial score (nSPS) is 12.6. The molecule has 0 aliphatic rings. The molecule has 2 aromatic carbocycles. The third-order valence-electron chi connectivity index (χ3n) is 3.19. The Morgan fingerprint density at radius 2 is 1.95 bits per heavy atom. The molecular formula is C16H13ClO3. The number of para-hydroxylation sites is 1. The van der Waals surface area contributed by atoms with Gasteiger partial charge in [0.15, 0.2) is 5.58 Å². The monoisotopic (exact) mass is 288 g/mol. The summed E-state index contributed by atoms with van der Waals surface area (Å²) in [6.07, 6.45) is -0.853. The minimum absolute atomic E-state index is 0.460. The topological polar surface area (TPSA) is 42.6 Å². The molecule has 1 N–H and O–H groups in total. The molecule has 3 rings (SSSR count). The predicted molar refractivity (Wildman–Crippen MR) is 78.3 cm³/mol. The molecule has 0 aliphatic carbocycles. The maximum Gasteiger partial charge on any atom is 0.153 e. The molecule has 102 valence electrons. The van der Waals surface area contributed by atoms with Gasteiger partial charge in [-0.1, -0.05) is 35.9 Å². The van der Waals surface area contributed by atoms with Crippen LogP contribution in [0, 0.1) is 0 Å². The van der Waals surface area contributed by atoms with E-state index in [0.717, 1.165) is 5.39 Å². The van der Waals surface area contributed by atoms with Crippen LogP contribution in [0.1, 0.15) is 17.4 Å². The van der Waals surface area contributed by atoms with Crippen molar-refractivity contribution in [2.75, 3.05) is 7.11 Å². The second kappa shape index (κ2) is 5.19. The quantitative estimate of drug-likeness (QED) is 0.786. The number of ether oxygens (including phenoxy) is 1. The summed E-state index contributed by atoms with van der Waals surface area (Å²) in [4.78, 5) is 0. The highest BCUT2D eigenvalue weighted by atomic mass is 35.5. The minimum Gasteiger partial charge on any atom is -0.497 e. The largest absolute Gasteiger partial charge is 0.497 e. The number of rotatable bonds is 3. The van der Waals surface area contributed by atoms with E-state index in [4.69, 9.17) is 20.8 Å². The van der Waals surface area contributed by atoms with Gasteiger partial charge in [0, 0.05) is 5.39 Å². The van der Waals surface area contributed by atoms with Crippen molar-refractivity contribution in [2.24, 2.45) is 0 Å². The number of benzene rings is 2. The molecule has 0 aliphatic heterocycles. The molecule has 0 amide bonds. The first kappa shape index (κ1) is 13.0. The molecule has 0 bridgehead atoms. The van der Waals surface area contributed by atoms with Crippen LogP contribution in [0.4, 0.5) is 0 Å². The molecular weight excluding hydrogens is 276 g/mol. The standard InChI is InChI=1S/C16H13ClO3/c1-19-12-6-2-4-10(8-12)15(18)14-9-11-5-3-7-13(17)16(11)20-14/h2-9,15,18H,1H3. The zero-order valence-electron chi connectivity index (χ0n) is 10.8. The van der Waals surface area contributed by atoms with Gasteiger partial charge in [0.1, 0.15) is 17.6 Å². The summed E-state index contributed by atoms with van der Waals surface area (Å²) in [7, 11) is 1.59. The lowest BCUT2D eigenvalue weighted by atomic mass is 10.1. The van der Waals surface area contributed by atoms with Gasteiger partial charge in [0.05, 0.1) is 12.1 Å². The first-order valence-electron chi connectivity index (χ1n) is 6.19. The Balaban J connectivity index is 2.03.